The van der Waals surface area contributed by atoms with Gasteiger partial charge in [0.15, 0.2) is 0 Å². The number of nitrogens with zero attached hydrogens (tertiary/aromatic N) is 1. The molecule has 1 aromatic rings. The van der Waals surface area contributed by atoms with E-state index in [2.05, 4.69) is 37.1 Å². The molecule has 1 aliphatic carbocycles. The quantitative estimate of drug-likeness (QED) is 0.661. The summed E-state index contributed by atoms with van der Waals surface area (Å²) in [5, 5.41) is 3.45. The molecule has 0 saturated heterocycles. The SMILES string of the molecule is CCCNCc1cc(CN(CCC)CC2CC2)oc1C. The Morgan fingerprint density at radius 2 is 2.10 bits per heavy atom. The second-order valence-electron chi connectivity index (χ2n) is 6.15. The van der Waals surface area contributed by atoms with Crippen molar-refractivity contribution in [1.82, 2.24) is 10.2 Å². The normalized spacial score (nSPS) is 15.2. The van der Waals surface area contributed by atoms with Crippen molar-refractivity contribution in [3.05, 3.63) is 23.2 Å². The van der Waals surface area contributed by atoms with Crippen LogP contribution in [0.25, 0.3) is 0 Å². The summed E-state index contributed by atoms with van der Waals surface area (Å²) in [6, 6.07) is 2.24. The number of hydrogen-bond acceptors (Lipinski definition) is 3. The Hall–Kier alpha value is -0.800. The molecule has 0 amide bonds. The Labute approximate surface area is 123 Å². The second-order valence-corrected chi connectivity index (χ2v) is 6.15. The lowest BCUT2D eigenvalue weighted by atomic mass is 10.2. The third-order valence-electron chi connectivity index (χ3n) is 3.95. The zero-order chi connectivity index (χ0) is 14.4. The number of hydrogen-bond donors (Lipinski definition) is 1. The molecule has 3 heteroatoms. The highest BCUT2D eigenvalue weighted by Crippen LogP contribution is 2.30. The van der Waals surface area contributed by atoms with Crippen molar-refractivity contribution in [2.45, 2.75) is 59.5 Å². The summed E-state index contributed by atoms with van der Waals surface area (Å²) >= 11 is 0. The van der Waals surface area contributed by atoms with E-state index in [1.54, 1.807) is 0 Å². The van der Waals surface area contributed by atoms with Crippen LogP contribution in [0.4, 0.5) is 0 Å². The first-order chi connectivity index (χ1) is 9.72. The van der Waals surface area contributed by atoms with E-state index >= 15 is 0 Å². The van der Waals surface area contributed by atoms with Crippen LogP contribution in [0, 0.1) is 12.8 Å². The molecule has 0 spiro atoms. The highest BCUT2D eigenvalue weighted by atomic mass is 16.3. The fraction of sp³-hybridized carbons (Fsp3) is 0.765. The minimum atomic E-state index is 0.930. The summed E-state index contributed by atoms with van der Waals surface area (Å²) in [4.78, 5) is 2.55. The molecular weight excluding hydrogens is 248 g/mol. The fourth-order valence-corrected chi connectivity index (χ4v) is 2.68. The van der Waals surface area contributed by atoms with Crippen molar-refractivity contribution in [3.8, 4) is 0 Å². The Bertz CT molecular complexity index is 396. The lowest BCUT2D eigenvalue weighted by Crippen LogP contribution is -2.26. The van der Waals surface area contributed by atoms with Gasteiger partial charge < -0.3 is 9.73 Å². The van der Waals surface area contributed by atoms with E-state index in [0.717, 1.165) is 37.1 Å². The summed E-state index contributed by atoms with van der Waals surface area (Å²) < 4.78 is 5.94. The minimum Gasteiger partial charge on any atom is -0.465 e. The van der Waals surface area contributed by atoms with E-state index in [1.165, 1.54) is 44.3 Å². The first-order valence-corrected chi connectivity index (χ1v) is 8.24. The third kappa shape index (κ3) is 4.95. The molecule has 1 saturated carbocycles. The first kappa shape index (κ1) is 15.6. The van der Waals surface area contributed by atoms with Crippen LogP contribution in [-0.2, 0) is 13.1 Å². The summed E-state index contributed by atoms with van der Waals surface area (Å²) in [5.74, 6) is 3.15. The van der Waals surface area contributed by atoms with Gasteiger partial charge in [0.25, 0.3) is 0 Å². The average molecular weight is 278 g/mol. The van der Waals surface area contributed by atoms with Gasteiger partial charge in [-0.05, 0) is 57.7 Å². The Morgan fingerprint density at radius 1 is 1.30 bits per heavy atom. The molecule has 1 N–H and O–H groups in total. The van der Waals surface area contributed by atoms with Gasteiger partial charge in [-0.15, -0.1) is 0 Å². The summed E-state index contributed by atoms with van der Waals surface area (Å²) in [7, 11) is 0. The Balaban J connectivity index is 1.87. The Kier molecular flexibility index (Phi) is 6.11. The van der Waals surface area contributed by atoms with Crippen molar-refractivity contribution in [2.75, 3.05) is 19.6 Å². The molecule has 1 fully saturated rings. The monoisotopic (exact) mass is 278 g/mol. The van der Waals surface area contributed by atoms with Crippen LogP contribution in [0.5, 0.6) is 0 Å². The van der Waals surface area contributed by atoms with Crippen molar-refractivity contribution in [3.63, 3.8) is 0 Å². The van der Waals surface area contributed by atoms with Gasteiger partial charge in [-0.1, -0.05) is 13.8 Å². The molecule has 2 rings (SSSR count). The molecule has 3 nitrogen and oxygen atoms in total. The van der Waals surface area contributed by atoms with Gasteiger partial charge in [-0.25, -0.2) is 0 Å². The molecule has 0 radical (unpaired) electrons. The second kappa shape index (κ2) is 7.84. The van der Waals surface area contributed by atoms with E-state index in [0.29, 0.717) is 0 Å². The van der Waals surface area contributed by atoms with Gasteiger partial charge in [-0.2, -0.15) is 0 Å². The lowest BCUT2D eigenvalue weighted by Gasteiger charge is -2.20. The van der Waals surface area contributed by atoms with Crippen LogP contribution in [0.3, 0.4) is 0 Å². The highest BCUT2D eigenvalue weighted by Gasteiger charge is 2.24. The molecule has 1 aliphatic rings. The number of aryl methyl sites for hydroxylation is 1. The molecular formula is C17H30N2O. The van der Waals surface area contributed by atoms with Crippen LogP contribution in [0.2, 0.25) is 0 Å². The smallest absolute Gasteiger partial charge is 0.118 e. The lowest BCUT2D eigenvalue weighted by molar-refractivity contribution is 0.233. The predicted octanol–water partition coefficient (Wildman–Crippen LogP) is 3.71. The van der Waals surface area contributed by atoms with Crippen LogP contribution in [0.15, 0.2) is 10.5 Å². The van der Waals surface area contributed by atoms with E-state index in [-0.39, 0.29) is 0 Å². The molecule has 114 valence electrons. The molecule has 0 aromatic carbocycles. The third-order valence-corrected chi connectivity index (χ3v) is 3.95. The van der Waals surface area contributed by atoms with E-state index in [4.69, 9.17) is 4.42 Å². The predicted molar refractivity (Wildman–Crippen MR) is 83.7 cm³/mol. The summed E-state index contributed by atoms with van der Waals surface area (Å²) in [6.07, 6.45) is 5.24. The molecule has 1 aromatic heterocycles. The molecule has 1 heterocycles. The number of rotatable bonds is 10. The summed E-state index contributed by atoms with van der Waals surface area (Å²) in [5.41, 5.74) is 1.32. The topological polar surface area (TPSA) is 28.4 Å². The number of furan rings is 1. The van der Waals surface area contributed by atoms with E-state index < -0.39 is 0 Å². The molecule has 0 atom stereocenters. The average Bonchev–Trinajstić information content (AvgIpc) is 3.15. The zero-order valence-corrected chi connectivity index (χ0v) is 13.4. The van der Waals surface area contributed by atoms with Crippen LogP contribution in [-0.4, -0.2) is 24.5 Å². The highest BCUT2D eigenvalue weighted by molar-refractivity contribution is 5.20. The minimum absolute atomic E-state index is 0.930. The molecule has 20 heavy (non-hydrogen) atoms. The largest absolute Gasteiger partial charge is 0.465 e. The van der Waals surface area contributed by atoms with Gasteiger partial charge >= 0.3 is 0 Å². The van der Waals surface area contributed by atoms with Gasteiger partial charge in [0.2, 0.25) is 0 Å². The molecule has 0 unspecified atom stereocenters. The zero-order valence-electron chi connectivity index (χ0n) is 13.4. The van der Waals surface area contributed by atoms with Crippen molar-refractivity contribution in [2.24, 2.45) is 5.92 Å². The standard InChI is InChI=1S/C17H30N2O/c1-4-8-18-11-16-10-17(20-14(16)3)13-19(9-5-2)12-15-6-7-15/h10,15,18H,4-9,11-13H2,1-3H3. The molecule has 0 bridgehead atoms. The first-order valence-electron chi connectivity index (χ1n) is 8.24. The maximum Gasteiger partial charge on any atom is 0.118 e. The van der Waals surface area contributed by atoms with Crippen LogP contribution >= 0.6 is 0 Å². The maximum atomic E-state index is 5.94. The van der Waals surface area contributed by atoms with E-state index in [9.17, 15) is 0 Å². The molecule has 0 aliphatic heterocycles. The Morgan fingerprint density at radius 3 is 2.75 bits per heavy atom. The van der Waals surface area contributed by atoms with Crippen molar-refractivity contribution < 1.29 is 4.42 Å². The van der Waals surface area contributed by atoms with Crippen LogP contribution in [0.1, 0.15) is 56.6 Å². The maximum absolute atomic E-state index is 5.94. The van der Waals surface area contributed by atoms with Gasteiger partial charge in [0.05, 0.1) is 6.54 Å². The van der Waals surface area contributed by atoms with E-state index in [1.807, 2.05) is 0 Å². The van der Waals surface area contributed by atoms with Crippen molar-refractivity contribution in [1.29, 1.82) is 0 Å². The van der Waals surface area contributed by atoms with Crippen LogP contribution < -0.4 is 5.32 Å². The fourth-order valence-electron chi connectivity index (χ4n) is 2.68. The summed E-state index contributed by atoms with van der Waals surface area (Å²) in [6.45, 7) is 11.9. The van der Waals surface area contributed by atoms with Gasteiger partial charge in [0.1, 0.15) is 11.5 Å². The van der Waals surface area contributed by atoms with Gasteiger partial charge in [0, 0.05) is 18.7 Å². The van der Waals surface area contributed by atoms with Gasteiger partial charge in [-0.3, -0.25) is 4.90 Å². The number of nitrogens with one attached hydrogen (secondary N) is 1. The van der Waals surface area contributed by atoms with Crippen molar-refractivity contribution >= 4 is 0 Å².